The molecule has 0 spiro atoms. The molecule has 0 saturated heterocycles. The third-order valence-corrected chi connectivity index (χ3v) is 2.70. The quantitative estimate of drug-likeness (QED) is 0.786. The second-order valence-electron chi connectivity index (χ2n) is 5.97. The Morgan fingerprint density at radius 3 is 2.43 bits per heavy atom. The predicted octanol–water partition coefficient (Wildman–Crippen LogP) is 3.62. The lowest BCUT2D eigenvalue weighted by atomic mass is 10.2. The molecular weight excluding hydrogens is 294 g/mol. The van der Waals surface area contributed by atoms with Gasteiger partial charge in [-0.3, -0.25) is 0 Å². The summed E-state index contributed by atoms with van der Waals surface area (Å²) in [5.41, 5.74) is 0.389. The molecule has 23 heavy (non-hydrogen) atoms. The number of benzene rings is 1. The van der Waals surface area contributed by atoms with Crippen LogP contribution in [0.25, 0.3) is 6.08 Å². The molecule has 1 aromatic carbocycles. The van der Waals surface area contributed by atoms with Gasteiger partial charge < -0.3 is 15.2 Å². The molecule has 1 atom stereocenters. The van der Waals surface area contributed by atoms with E-state index >= 15 is 0 Å². The lowest BCUT2D eigenvalue weighted by Crippen LogP contribution is -2.43. The number of hydrogen-bond acceptors (Lipinski definition) is 3. The third-order valence-electron chi connectivity index (χ3n) is 2.70. The van der Waals surface area contributed by atoms with Crippen LogP contribution in [0.5, 0.6) is 0 Å². The maximum absolute atomic E-state index is 11.6. The molecule has 0 aliphatic rings. The monoisotopic (exact) mass is 317 g/mol. The van der Waals surface area contributed by atoms with Gasteiger partial charge in [0.15, 0.2) is 0 Å². The highest BCUT2D eigenvalue weighted by Gasteiger charge is 2.22. The van der Waals surface area contributed by atoms with Crippen molar-refractivity contribution in [3.8, 4) is 0 Å². The first kappa shape index (κ1) is 18.5. The van der Waals surface area contributed by atoms with E-state index in [9.17, 15) is 9.59 Å². The summed E-state index contributed by atoms with van der Waals surface area (Å²) in [4.78, 5) is 22.8. The van der Waals surface area contributed by atoms with Gasteiger partial charge >= 0.3 is 12.1 Å². The van der Waals surface area contributed by atoms with Crippen LogP contribution < -0.4 is 5.32 Å². The van der Waals surface area contributed by atoms with Gasteiger partial charge in [-0.25, -0.2) is 9.59 Å². The van der Waals surface area contributed by atoms with Crippen molar-refractivity contribution in [2.24, 2.45) is 0 Å². The summed E-state index contributed by atoms with van der Waals surface area (Å²) in [6.07, 6.45) is 6.61. The van der Waals surface area contributed by atoms with E-state index < -0.39 is 23.7 Å². The Morgan fingerprint density at radius 1 is 1.22 bits per heavy atom. The van der Waals surface area contributed by atoms with Crippen LogP contribution in [-0.2, 0) is 9.53 Å². The minimum absolute atomic E-state index is 0.174. The molecule has 0 heterocycles. The van der Waals surface area contributed by atoms with Crippen molar-refractivity contribution in [3.05, 3.63) is 54.1 Å². The van der Waals surface area contributed by atoms with Crippen molar-refractivity contribution in [2.75, 3.05) is 0 Å². The zero-order chi connectivity index (χ0) is 17.3. The van der Waals surface area contributed by atoms with Crippen LogP contribution in [0, 0.1) is 0 Å². The van der Waals surface area contributed by atoms with Crippen molar-refractivity contribution < 1.29 is 19.4 Å². The summed E-state index contributed by atoms with van der Waals surface area (Å²) >= 11 is 0. The minimum atomic E-state index is -1.10. The highest BCUT2D eigenvalue weighted by Crippen LogP contribution is 2.07. The lowest BCUT2D eigenvalue weighted by Gasteiger charge is -2.21. The first-order valence-electron chi connectivity index (χ1n) is 7.38. The van der Waals surface area contributed by atoms with E-state index in [4.69, 9.17) is 9.84 Å². The maximum atomic E-state index is 11.6. The number of alkyl carbamates (subject to hydrolysis) is 1. The Bertz CT molecular complexity index is 570. The molecule has 5 heteroatoms. The van der Waals surface area contributed by atoms with Gasteiger partial charge in [-0.2, -0.15) is 0 Å². The Balaban J connectivity index is 2.50. The smallest absolute Gasteiger partial charge is 0.408 e. The van der Waals surface area contributed by atoms with E-state index in [1.54, 1.807) is 32.9 Å². The molecule has 0 radical (unpaired) electrons. The Kier molecular flexibility index (Phi) is 7.06. The average Bonchev–Trinajstić information content (AvgIpc) is 2.44. The van der Waals surface area contributed by atoms with Crippen molar-refractivity contribution in [1.29, 1.82) is 0 Å². The fourth-order valence-corrected chi connectivity index (χ4v) is 1.70. The van der Waals surface area contributed by atoms with Crippen molar-refractivity contribution in [2.45, 2.75) is 38.8 Å². The normalized spacial score (nSPS) is 13.2. The largest absolute Gasteiger partial charge is 0.480 e. The molecule has 0 saturated carbocycles. The molecule has 0 aliphatic heterocycles. The van der Waals surface area contributed by atoms with Crippen LogP contribution in [0.3, 0.4) is 0 Å². The molecule has 2 N–H and O–H groups in total. The van der Waals surface area contributed by atoms with Gasteiger partial charge in [0, 0.05) is 0 Å². The van der Waals surface area contributed by atoms with Gasteiger partial charge in [-0.05, 0) is 32.8 Å². The molecule has 1 rings (SSSR count). The third kappa shape index (κ3) is 8.46. The maximum Gasteiger partial charge on any atom is 0.408 e. The van der Waals surface area contributed by atoms with Crippen molar-refractivity contribution >= 4 is 18.1 Å². The van der Waals surface area contributed by atoms with E-state index in [0.29, 0.717) is 0 Å². The van der Waals surface area contributed by atoms with Crippen molar-refractivity contribution in [3.63, 3.8) is 0 Å². The summed E-state index contributed by atoms with van der Waals surface area (Å²) in [6.45, 7) is 5.16. The van der Waals surface area contributed by atoms with E-state index in [-0.39, 0.29) is 6.42 Å². The number of hydrogen-bond donors (Lipinski definition) is 2. The number of nitrogens with one attached hydrogen (secondary N) is 1. The summed E-state index contributed by atoms with van der Waals surface area (Å²) in [7, 11) is 0. The van der Waals surface area contributed by atoms with E-state index in [2.05, 4.69) is 5.32 Å². The molecule has 0 aliphatic carbocycles. The average molecular weight is 317 g/mol. The highest BCUT2D eigenvalue weighted by molar-refractivity contribution is 5.80. The first-order valence-corrected chi connectivity index (χ1v) is 7.38. The van der Waals surface area contributed by atoms with E-state index in [0.717, 1.165) is 5.56 Å². The first-order chi connectivity index (χ1) is 10.8. The fourth-order valence-electron chi connectivity index (χ4n) is 1.70. The van der Waals surface area contributed by atoms with Crippen LogP contribution in [0.1, 0.15) is 32.8 Å². The Morgan fingerprint density at radius 2 is 1.87 bits per heavy atom. The van der Waals surface area contributed by atoms with E-state index in [1.807, 2.05) is 42.5 Å². The zero-order valence-corrected chi connectivity index (χ0v) is 13.7. The predicted molar refractivity (Wildman–Crippen MR) is 90.0 cm³/mol. The highest BCUT2D eigenvalue weighted by atomic mass is 16.6. The molecule has 0 fully saturated rings. The van der Waals surface area contributed by atoms with Gasteiger partial charge in [-0.1, -0.05) is 54.6 Å². The number of ether oxygens (including phenoxy) is 1. The molecular formula is C18H23NO4. The molecule has 0 bridgehead atoms. The van der Waals surface area contributed by atoms with Crippen LogP contribution in [0.2, 0.25) is 0 Å². The number of carboxylic acid groups (broad SMARTS) is 1. The zero-order valence-electron chi connectivity index (χ0n) is 13.7. The number of amides is 1. The topological polar surface area (TPSA) is 75.6 Å². The number of aliphatic carboxylic acids is 1. The Labute approximate surface area is 136 Å². The van der Waals surface area contributed by atoms with Gasteiger partial charge in [0.2, 0.25) is 0 Å². The molecule has 1 aromatic rings. The van der Waals surface area contributed by atoms with Gasteiger partial charge in [-0.15, -0.1) is 0 Å². The second-order valence-corrected chi connectivity index (χ2v) is 5.97. The van der Waals surface area contributed by atoms with Crippen LogP contribution in [-0.4, -0.2) is 28.8 Å². The minimum Gasteiger partial charge on any atom is -0.480 e. The van der Waals surface area contributed by atoms with E-state index in [1.165, 1.54) is 0 Å². The van der Waals surface area contributed by atoms with Gasteiger partial charge in [0.05, 0.1) is 0 Å². The van der Waals surface area contributed by atoms with Gasteiger partial charge in [0.1, 0.15) is 11.6 Å². The molecule has 124 valence electrons. The summed E-state index contributed by atoms with van der Waals surface area (Å²) in [6, 6.07) is 8.73. The number of carboxylic acids is 1. The Hall–Kier alpha value is -2.56. The number of rotatable bonds is 6. The van der Waals surface area contributed by atoms with Crippen molar-refractivity contribution in [1.82, 2.24) is 5.32 Å². The van der Waals surface area contributed by atoms with Gasteiger partial charge in [0.25, 0.3) is 0 Å². The summed E-state index contributed by atoms with van der Waals surface area (Å²) < 4.78 is 5.05. The SMILES string of the molecule is CC(C)(C)OC(=O)N[C@@H](C/C=C/C=C/c1ccccc1)C(=O)O. The second kappa shape index (κ2) is 8.78. The number of allylic oxidation sites excluding steroid dienone is 2. The van der Waals surface area contributed by atoms with Crippen LogP contribution >= 0.6 is 0 Å². The number of carbonyl (C=O) groups is 2. The summed E-state index contributed by atoms with van der Waals surface area (Å²) in [5, 5.41) is 11.5. The lowest BCUT2D eigenvalue weighted by molar-refractivity contribution is -0.139. The molecule has 1 amide bonds. The number of carbonyl (C=O) groups excluding carboxylic acids is 1. The molecule has 0 aromatic heterocycles. The van der Waals surface area contributed by atoms with Crippen LogP contribution in [0.15, 0.2) is 48.6 Å². The summed E-state index contributed by atoms with van der Waals surface area (Å²) in [5.74, 6) is -1.10. The standard InChI is InChI=1S/C18H23NO4/c1-18(2,3)23-17(22)19-15(16(20)21)13-9-5-8-12-14-10-6-4-7-11-14/h4-12,15H,13H2,1-3H3,(H,19,22)(H,20,21)/b9-5+,12-8+/t15-/m0/s1. The molecule has 5 nitrogen and oxygen atoms in total. The fraction of sp³-hybridized carbons (Fsp3) is 0.333. The molecule has 0 unspecified atom stereocenters. The van der Waals surface area contributed by atoms with Crippen LogP contribution in [0.4, 0.5) is 4.79 Å².